The van der Waals surface area contributed by atoms with Crippen LogP contribution in [0, 0.1) is 5.82 Å². The molecule has 1 aliphatic heterocycles. The van der Waals surface area contributed by atoms with Gasteiger partial charge in [0.1, 0.15) is 5.82 Å². The summed E-state index contributed by atoms with van der Waals surface area (Å²) >= 11 is 0. The van der Waals surface area contributed by atoms with Crippen molar-refractivity contribution >= 4 is 17.6 Å². The number of guanidine groups is 1. The SMILES string of the molecule is CCc1ccc(C(=O)NC(=NCCN2CCOCC2)Nc2ccc(F)cc2)cc1. The first-order chi connectivity index (χ1) is 14.1. The van der Waals surface area contributed by atoms with Gasteiger partial charge in [0.2, 0.25) is 5.96 Å². The Hall–Kier alpha value is -2.77. The number of hydrogen-bond donors (Lipinski definition) is 2. The molecule has 1 aliphatic rings. The average Bonchev–Trinajstić information content (AvgIpc) is 2.76. The number of amides is 1. The van der Waals surface area contributed by atoms with E-state index in [-0.39, 0.29) is 11.7 Å². The first kappa shape index (κ1) is 21.0. The van der Waals surface area contributed by atoms with Gasteiger partial charge in [-0.1, -0.05) is 19.1 Å². The minimum absolute atomic E-state index is 0.243. The van der Waals surface area contributed by atoms with Gasteiger partial charge >= 0.3 is 0 Å². The molecule has 1 amide bonds. The molecule has 7 heteroatoms. The Bertz CT molecular complexity index is 816. The highest BCUT2D eigenvalue weighted by molar-refractivity contribution is 6.09. The quantitative estimate of drug-likeness (QED) is 0.580. The molecule has 2 aromatic rings. The molecular formula is C22H27FN4O2. The molecule has 0 saturated carbocycles. The predicted octanol–water partition coefficient (Wildman–Crippen LogP) is 2.92. The third-order valence-electron chi connectivity index (χ3n) is 4.75. The maximum absolute atomic E-state index is 13.2. The molecule has 29 heavy (non-hydrogen) atoms. The molecule has 0 unspecified atom stereocenters. The van der Waals surface area contributed by atoms with E-state index in [0.717, 1.165) is 39.3 Å². The second-order valence-corrected chi connectivity index (χ2v) is 6.82. The number of hydrogen-bond acceptors (Lipinski definition) is 4. The topological polar surface area (TPSA) is 66.0 Å². The number of benzene rings is 2. The number of nitrogens with one attached hydrogen (secondary N) is 2. The second kappa shape index (κ2) is 10.7. The zero-order chi connectivity index (χ0) is 20.5. The molecule has 1 saturated heterocycles. The van der Waals surface area contributed by atoms with Gasteiger partial charge in [0.25, 0.3) is 5.91 Å². The van der Waals surface area contributed by atoms with Crippen LogP contribution in [0.2, 0.25) is 0 Å². The molecule has 0 bridgehead atoms. The maximum Gasteiger partial charge on any atom is 0.257 e. The lowest BCUT2D eigenvalue weighted by atomic mass is 10.1. The number of halogens is 1. The minimum Gasteiger partial charge on any atom is -0.379 e. The first-order valence-electron chi connectivity index (χ1n) is 9.91. The number of morpholine rings is 1. The van der Waals surface area contributed by atoms with Crippen LogP contribution in [0.15, 0.2) is 53.5 Å². The molecule has 2 N–H and O–H groups in total. The Kier molecular flexibility index (Phi) is 7.72. The summed E-state index contributed by atoms with van der Waals surface area (Å²) in [6, 6.07) is 13.4. The van der Waals surface area contributed by atoms with E-state index in [1.807, 2.05) is 12.1 Å². The van der Waals surface area contributed by atoms with Crippen molar-refractivity contribution in [3.05, 3.63) is 65.5 Å². The summed E-state index contributed by atoms with van der Waals surface area (Å²) in [6.07, 6.45) is 0.919. The third-order valence-corrected chi connectivity index (χ3v) is 4.75. The third kappa shape index (κ3) is 6.66. The van der Waals surface area contributed by atoms with Gasteiger partial charge in [-0.2, -0.15) is 0 Å². The van der Waals surface area contributed by atoms with Crippen LogP contribution in [0.5, 0.6) is 0 Å². The number of anilines is 1. The van der Waals surface area contributed by atoms with Crippen molar-refractivity contribution in [1.29, 1.82) is 0 Å². The summed E-state index contributed by atoms with van der Waals surface area (Å²) in [5, 5.41) is 5.91. The number of ether oxygens (including phenoxy) is 1. The Morgan fingerprint density at radius 3 is 2.45 bits per heavy atom. The highest BCUT2D eigenvalue weighted by Gasteiger charge is 2.12. The fourth-order valence-corrected chi connectivity index (χ4v) is 2.98. The number of aliphatic imine (C=N–C) groups is 1. The van der Waals surface area contributed by atoms with Crippen molar-refractivity contribution in [1.82, 2.24) is 10.2 Å². The van der Waals surface area contributed by atoms with Gasteiger partial charge in [0.15, 0.2) is 0 Å². The molecule has 0 aliphatic carbocycles. The highest BCUT2D eigenvalue weighted by atomic mass is 19.1. The molecule has 154 valence electrons. The Labute approximate surface area is 170 Å². The summed E-state index contributed by atoms with van der Waals surface area (Å²) in [7, 11) is 0. The zero-order valence-corrected chi connectivity index (χ0v) is 16.7. The molecule has 3 rings (SSSR count). The van der Waals surface area contributed by atoms with Crippen LogP contribution >= 0.6 is 0 Å². The molecule has 2 aromatic carbocycles. The van der Waals surface area contributed by atoms with E-state index < -0.39 is 0 Å². The van der Waals surface area contributed by atoms with Crippen LogP contribution in [-0.4, -0.2) is 56.2 Å². The molecule has 0 spiro atoms. The first-order valence-corrected chi connectivity index (χ1v) is 9.91. The largest absolute Gasteiger partial charge is 0.379 e. The van der Waals surface area contributed by atoms with Gasteiger partial charge in [-0.15, -0.1) is 0 Å². The minimum atomic E-state index is -0.318. The van der Waals surface area contributed by atoms with Crippen molar-refractivity contribution in [2.45, 2.75) is 13.3 Å². The lowest BCUT2D eigenvalue weighted by Crippen LogP contribution is -2.39. The molecule has 1 fully saturated rings. The Morgan fingerprint density at radius 1 is 1.10 bits per heavy atom. The van der Waals surface area contributed by atoms with Gasteiger partial charge in [0, 0.05) is 30.9 Å². The number of aryl methyl sites for hydroxylation is 1. The smallest absolute Gasteiger partial charge is 0.257 e. The van der Waals surface area contributed by atoms with Crippen molar-refractivity contribution in [3.63, 3.8) is 0 Å². The zero-order valence-electron chi connectivity index (χ0n) is 16.7. The number of rotatable bonds is 6. The van der Waals surface area contributed by atoms with Crippen LogP contribution in [0.3, 0.4) is 0 Å². The van der Waals surface area contributed by atoms with Crippen LogP contribution in [0.1, 0.15) is 22.8 Å². The van der Waals surface area contributed by atoms with E-state index in [9.17, 15) is 9.18 Å². The molecular weight excluding hydrogens is 371 g/mol. The Balaban J connectivity index is 1.67. The normalized spacial score (nSPS) is 15.2. The van der Waals surface area contributed by atoms with Crippen molar-refractivity contribution < 1.29 is 13.9 Å². The predicted molar refractivity (Wildman–Crippen MR) is 113 cm³/mol. The number of carbonyl (C=O) groups excluding carboxylic acids is 1. The van der Waals surface area contributed by atoms with Crippen molar-refractivity contribution in [2.75, 3.05) is 44.7 Å². The lowest BCUT2D eigenvalue weighted by molar-refractivity contribution is 0.0394. The van der Waals surface area contributed by atoms with Crippen LogP contribution in [-0.2, 0) is 11.2 Å². The number of nitrogens with zero attached hydrogens (tertiary/aromatic N) is 2. The van der Waals surface area contributed by atoms with Gasteiger partial charge < -0.3 is 10.1 Å². The van der Waals surface area contributed by atoms with Crippen LogP contribution in [0.25, 0.3) is 0 Å². The summed E-state index contributed by atoms with van der Waals surface area (Å²) < 4.78 is 18.5. The maximum atomic E-state index is 13.2. The van der Waals surface area contributed by atoms with Crippen LogP contribution in [0.4, 0.5) is 10.1 Å². The summed E-state index contributed by atoms with van der Waals surface area (Å²) in [5.74, 6) is -0.219. The van der Waals surface area contributed by atoms with Crippen molar-refractivity contribution in [2.24, 2.45) is 4.99 Å². The highest BCUT2D eigenvalue weighted by Crippen LogP contribution is 2.09. The fraction of sp³-hybridized carbons (Fsp3) is 0.364. The molecule has 0 aromatic heterocycles. The number of carbonyl (C=O) groups is 1. The average molecular weight is 398 g/mol. The van der Waals surface area contributed by atoms with Gasteiger partial charge in [0.05, 0.1) is 19.8 Å². The van der Waals surface area contributed by atoms with Crippen molar-refractivity contribution in [3.8, 4) is 0 Å². The Morgan fingerprint density at radius 2 is 1.79 bits per heavy atom. The van der Waals surface area contributed by atoms with Gasteiger partial charge in [-0.25, -0.2) is 4.39 Å². The monoisotopic (exact) mass is 398 g/mol. The van der Waals surface area contributed by atoms with E-state index in [0.29, 0.717) is 23.8 Å². The van der Waals surface area contributed by atoms with E-state index in [1.54, 1.807) is 24.3 Å². The van der Waals surface area contributed by atoms with Crippen LogP contribution < -0.4 is 10.6 Å². The van der Waals surface area contributed by atoms with Gasteiger partial charge in [-0.05, 0) is 48.4 Å². The molecule has 6 nitrogen and oxygen atoms in total. The summed E-state index contributed by atoms with van der Waals surface area (Å²) in [4.78, 5) is 19.4. The second-order valence-electron chi connectivity index (χ2n) is 6.82. The van der Waals surface area contributed by atoms with E-state index in [1.165, 1.54) is 17.7 Å². The lowest BCUT2D eigenvalue weighted by Gasteiger charge is -2.25. The van der Waals surface area contributed by atoms with E-state index >= 15 is 0 Å². The van der Waals surface area contributed by atoms with Gasteiger partial charge in [-0.3, -0.25) is 20.0 Å². The summed E-state index contributed by atoms with van der Waals surface area (Å²) in [5.41, 5.74) is 2.38. The standard InChI is InChI=1S/C22H27FN4O2/c1-2-17-3-5-18(6-4-17)21(28)26-22(25-20-9-7-19(23)8-10-20)24-11-12-27-13-15-29-16-14-27/h3-10H,2,11-16H2,1H3,(H2,24,25,26,28). The molecule has 0 atom stereocenters. The van der Waals surface area contributed by atoms with E-state index in [2.05, 4.69) is 27.4 Å². The van der Waals surface area contributed by atoms with E-state index in [4.69, 9.17) is 4.74 Å². The molecule has 0 radical (unpaired) electrons. The molecule has 1 heterocycles. The summed E-state index contributed by atoms with van der Waals surface area (Å²) in [6.45, 7) is 6.60. The fourth-order valence-electron chi connectivity index (χ4n) is 2.98.